The number of hydrogen-bond acceptors (Lipinski definition) is 2. The third-order valence-corrected chi connectivity index (χ3v) is 1.80. The highest BCUT2D eigenvalue weighted by Crippen LogP contribution is 2.14. The summed E-state index contributed by atoms with van der Waals surface area (Å²) in [6.45, 7) is 2.61. The molecule has 0 spiro atoms. The third kappa shape index (κ3) is 3.34. The van der Waals surface area contributed by atoms with Crippen LogP contribution in [0.5, 0.6) is 0 Å². The number of halogens is 2. The van der Waals surface area contributed by atoms with Crippen molar-refractivity contribution < 1.29 is 4.39 Å². The lowest BCUT2D eigenvalue weighted by atomic mass is 10.4. The van der Waals surface area contributed by atoms with Gasteiger partial charge in [0.15, 0.2) is 11.6 Å². The zero-order valence-corrected chi connectivity index (χ0v) is 8.68. The monoisotopic (exact) mass is 214 g/mol. The van der Waals surface area contributed by atoms with Crippen molar-refractivity contribution in [1.29, 1.82) is 0 Å². The smallest absolute Gasteiger partial charge is 0.166 e. The predicted molar refractivity (Wildman–Crippen MR) is 57.1 cm³/mol. The Bertz CT molecular complexity index is 326. The Balaban J connectivity index is 2.55. The van der Waals surface area contributed by atoms with Gasteiger partial charge >= 0.3 is 0 Å². The fourth-order valence-corrected chi connectivity index (χ4v) is 1.09. The molecule has 0 saturated heterocycles. The molecule has 0 aromatic carbocycles. The van der Waals surface area contributed by atoms with E-state index in [9.17, 15) is 4.39 Å². The Morgan fingerprint density at radius 1 is 1.57 bits per heavy atom. The van der Waals surface area contributed by atoms with E-state index in [2.05, 4.69) is 10.3 Å². The van der Waals surface area contributed by atoms with Crippen LogP contribution in [0.25, 0.3) is 0 Å². The highest BCUT2D eigenvalue weighted by atomic mass is 35.5. The van der Waals surface area contributed by atoms with Crippen LogP contribution in [-0.2, 0) is 0 Å². The Labute approximate surface area is 87.8 Å². The first-order chi connectivity index (χ1) is 6.74. The van der Waals surface area contributed by atoms with Crippen molar-refractivity contribution in [2.75, 3.05) is 11.9 Å². The molecule has 0 aliphatic carbocycles. The van der Waals surface area contributed by atoms with Crippen LogP contribution in [0.2, 0.25) is 5.02 Å². The summed E-state index contributed by atoms with van der Waals surface area (Å²) in [6, 6.07) is 1.24. The maximum Gasteiger partial charge on any atom is 0.166 e. The first kappa shape index (κ1) is 11.0. The summed E-state index contributed by atoms with van der Waals surface area (Å²) in [6.07, 6.45) is 6.31. The van der Waals surface area contributed by atoms with Gasteiger partial charge in [0, 0.05) is 12.7 Å². The van der Waals surface area contributed by atoms with Crippen LogP contribution in [-0.4, -0.2) is 11.5 Å². The normalized spacial score (nSPS) is 10.8. The lowest BCUT2D eigenvalue weighted by Gasteiger charge is -2.03. The molecule has 0 aliphatic heterocycles. The summed E-state index contributed by atoms with van der Waals surface area (Å²) in [4.78, 5) is 3.82. The fourth-order valence-electron chi connectivity index (χ4n) is 0.950. The summed E-state index contributed by atoms with van der Waals surface area (Å²) < 4.78 is 13.1. The molecule has 0 unspecified atom stereocenters. The summed E-state index contributed by atoms with van der Waals surface area (Å²) in [7, 11) is 0. The quantitative estimate of drug-likeness (QED) is 0.779. The van der Waals surface area contributed by atoms with Gasteiger partial charge < -0.3 is 5.32 Å². The van der Waals surface area contributed by atoms with Gasteiger partial charge in [-0.05, 0) is 12.5 Å². The van der Waals surface area contributed by atoms with Crippen LogP contribution in [0, 0.1) is 5.82 Å². The van der Waals surface area contributed by atoms with Gasteiger partial charge in [0.2, 0.25) is 0 Å². The van der Waals surface area contributed by atoms with E-state index in [-0.39, 0.29) is 5.82 Å². The highest BCUT2D eigenvalue weighted by Gasteiger charge is 2.01. The van der Waals surface area contributed by atoms with Crippen LogP contribution in [0.1, 0.15) is 13.3 Å². The van der Waals surface area contributed by atoms with Crippen molar-refractivity contribution in [3.8, 4) is 0 Å². The zero-order valence-electron chi connectivity index (χ0n) is 7.93. The van der Waals surface area contributed by atoms with E-state index in [0.29, 0.717) is 11.6 Å². The standard InChI is InChI=1S/C10H12ClFN2/c1-2-3-4-5-13-10-9(12)6-8(11)7-14-10/h3-4,6-7H,2,5H2,1H3,(H,13,14)/b4-3+. The van der Waals surface area contributed by atoms with E-state index >= 15 is 0 Å². The molecule has 0 radical (unpaired) electrons. The first-order valence-corrected chi connectivity index (χ1v) is 4.81. The second-order valence-electron chi connectivity index (χ2n) is 2.74. The average Bonchev–Trinajstić information content (AvgIpc) is 2.15. The molecule has 0 amide bonds. The van der Waals surface area contributed by atoms with E-state index < -0.39 is 5.82 Å². The summed E-state index contributed by atoms with van der Waals surface area (Å²) in [5.74, 6) is -0.197. The van der Waals surface area contributed by atoms with E-state index in [0.717, 1.165) is 6.42 Å². The molecular formula is C10H12ClFN2. The summed E-state index contributed by atoms with van der Waals surface area (Å²) in [5.41, 5.74) is 0. The number of nitrogens with zero attached hydrogens (tertiary/aromatic N) is 1. The molecule has 2 nitrogen and oxygen atoms in total. The molecule has 1 N–H and O–H groups in total. The highest BCUT2D eigenvalue weighted by molar-refractivity contribution is 6.30. The molecule has 1 aromatic heterocycles. The van der Waals surface area contributed by atoms with Crippen LogP contribution in [0.15, 0.2) is 24.4 Å². The van der Waals surface area contributed by atoms with Crippen LogP contribution < -0.4 is 5.32 Å². The number of aromatic nitrogens is 1. The van der Waals surface area contributed by atoms with Gasteiger partial charge in [-0.1, -0.05) is 30.7 Å². The second-order valence-corrected chi connectivity index (χ2v) is 3.18. The molecule has 0 atom stereocenters. The third-order valence-electron chi connectivity index (χ3n) is 1.60. The zero-order chi connectivity index (χ0) is 10.4. The molecule has 0 fully saturated rings. The van der Waals surface area contributed by atoms with Gasteiger partial charge in [-0.15, -0.1) is 0 Å². The lowest BCUT2D eigenvalue weighted by molar-refractivity contribution is 0.625. The van der Waals surface area contributed by atoms with Crippen molar-refractivity contribution in [2.45, 2.75) is 13.3 Å². The summed E-state index contributed by atoms with van der Waals surface area (Å²) in [5, 5.41) is 3.15. The van der Waals surface area contributed by atoms with Crippen molar-refractivity contribution in [2.24, 2.45) is 0 Å². The minimum atomic E-state index is -0.428. The lowest BCUT2D eigenvalue weighted by Crippen LogP contribution is -2.02. The molecule has 1 heterocycles. The largest absolute Gasteiger partial charge is 0.364 e. The van der Waals surface area contributed by atoms with Gasteiger partial charge in [-0.25, -0.2) is 9.37 Å². The molecule has 1 aromatic rings. The summed E-state index contributed by atoms with van der Waals surface area (Å²) >= 11 is 5.56. The Kier molecular flexibility index (Phi) is 4.40. The van der Waals surface area contributed by atoms with E-state index in [4.69, 9.17) is 11.6 Å². The molecular weight excluding hydrogens is 203 g/mol. The number of anilines is 1. The Hall–Kier alpha value is -1.09. The van der Waals surface area contributed by atoms with Crippen LogP contribution in [0.3, 0.4) is 0 Å². The molecule has 0 aliphatic rings. The Morgan fingerprint density at radius 3 is 3.00 bits per heavy atom. The number of pyridine rings is 1. The van der Waals surface area contributed by atoms with Crippen molar-refractivity contribution in [1.82, 2.24) is 4.98 Å². The molecule has 14 heavy (non-hydrogen) atoms. The first-order valence-electron chi connectivity index (χ1n) is 4.44. The maximum atomic E-state index is 13.1. The number of rotatable bonds is 4. The molecule has 76 valence electrons. The van der Waals surface area contributed by atoms with Gasteiger partial charge in [0.25, 0.3) is 0 Å². The van der Waals surface area contributed by atoms with Gasteiger partial charge in [0.05, 0.1) is 5.02 Å². The second kappa shape index (κ2) is 5.60. The minimum Gasteiger partial charge on any atom is -0.364 e. The topological polar surface area (TPSA) is 24.9 Å². The number of allylic oxidation sites excluding steroid dienone is 1. The molecule has 1 rings (SSSR count). The van der Waals surface area contributed by atoms with Gasteiger partial charge in [-0.2, -0.15) is 0 Å². The average molecular weight is 215 g/mol. The SMILES string of the molecule is CC/C=C/CNc1ncc(Cl)cc1F. The van der Waals surface area contributed by atoms with Gasteiger partial charge in [0.1, 0.15) is 0 Å². The minimum absolute atomic E-state index is 0.232. The number of nitrogens with one attached hydrogen (secondary N) is 1. The number of hydrogen-bond donors (Lipinski definition) is 1. The van der Waals surface area contributed by atoms with Crippen molar-refractivity contribution in [3.63, 3.8) is 0 Å². The van der Waals surface area contributed by atoms with Gasteiger partial charge in [-0.3, -0.25) is 0 Å². The Morgan fingerprint density at radius 2 is 2.36 bits per heavy atom. The van der Waals surface area contributed by atoms with Crippen LogP contribution in [0.4, 0.5) is 10.2 Å². The molecule has 0 saturated carbocycles. The maximum absolute atomic E-state index is 13.1. The predicted octanol–water partition coefficient (Wildman–Crippen LogP) is 3.25. The van der Waals surface area contributed by atoms with E-state index in [1.807, 2.05) is 19.1 Å². The van der Waals surface area contributed by atoms with Crippen molar-refractivity contribution in [3.05, 3.63) is 35.3 Å². The molecule has 4 heteroatoms. The van der Waals surface area contributed by atoms with Crippen molar-refractivity contribution >= 4 is 17.4 Å². The fraction of sp³-hybridized carbons (Fsp3) is 0.300. The van der Waals surface area contributed by atoms with Crippen LogP contribution >= 0.6 is 11.6 Å². The van der Waals surface area contributed by atoms with E-state index in [1.54, 1.807) is 0 Å². The van der Waals surface area contributed by atoms with E-state index in [1.165, 1.54) is 12.3 Å². The molecule has 0 bridgehead atoms.